The van der Waals surface area contributed by atoms with Crippen LogP contribution in [0.2, 0.25) is 0 Å². The van der Waals surface area contributed by atoms with Crippen LogP contribution >= 0.6 is 11.8 Å². The largest absolute Gasteiger partial charge is 0.274 e. The van der Waals surface area contributed by atoms with Gasteiger partial charge < -0.3 is 0 Å². The number of nitrogens with zero attached hydrogens (tertiary/aromatic N) is 3. The summed E-state index contributed by atoms with van der Waals surface area (Å²) in [6, 6.07) is 6.28. The maximum Gasteiger partial charge on any atom is 0.248 e. The fourth-order valence-electron chi connectivity index (χ4n) is 2.68. The maximum atomic E-state index is 11.8. The van der Waals surface area contributed by atoms with Gasteiger partial charge in [0.15, 0.2) is 10.8 Å². The maximum absolute atomic E-state index is 11.8. The summed E-state index contributed by atoms with van der Waals surface area (Å²) < 4.78 is 2.00. The number of carbonyl (C=O) groups is 2. The summed E-state index contributed by atoms with van der Waals surface area (Å²) in [7, 11) is 0. The lowest BCUT2D eigenvalue weighted by atomic mass is 10.0. The van der Waals surface area contributed by atoms with E-state index in [2.05, 4.69) is 53.1 Å². The summed E-state index contributed by atoms with van der Waals surface area (Å²) in [5, 5.41) is 10.3. The highest BCUT2D eigenvalue weighted by atomic mass is 32.2. The Balaban J connectivity index is 2.01. The zero-order valence-corrected chi connectivity index (χ0v) is 15.3. The van der Waals surface area contributed by atoms with Crippen molar-refractivity contribution in [2.45, 2.75) is 32.9 Å². The van der Waals surface area contributed by atoms with Crippen LogP contribution < -0.4 is 10.9 Å². The van der Waals surface area contributed by atoms with Crippen LogP contribution in [0.4, 0.5) is 0 Å². The van der Waals surface area contributed by atoms with Crippen molar-refractivity contribution in [3.05, 3.63) is 34.9 Å². The molecule has 0 radical (unpaired) electrons. The van der Waals surface area contributed by atoms with Gasteiger partial charge in [0, 0.05) is 6.92 Å². The Labute approximate surface area is 149 Å². The number of benzene rings is 1. The van der Waals surface area contributed by atoms with E-state index in [0.29, 0.717) is 5.16 Å². The highest BCUT2D eigenvalue weighted by Gasteiger charge is 2.15. The van der Waals surface area contributed by atoms with Crippen LogP contribution in [-0.4, -0.2) is 32.2 Å². The number of hydrogen-bond acceptors (Lipinski definition) is 5. The molecule has 130 valence electrons. The number of aryl methyl sites for hydroxylation is 3. The molecule has 0 aliphatic rings. The smallest absolute Gasteiger partial charge is 0.248 e. The quantitative estimate of drug-likeness (QED) is 0.553. The summed E-state index contributed by atoms with van der Waals surface area (Å²) in [5.74, 6) is -0.498. The van der Waals surface area contributed by atoms with E-state index in [9.17, 15) is 9.59 Å². The highest BCUT2D eigenvalue weighted by molar-refractivity contribution is 7.99. The monoisotopic (exact) mass is 357 g/mol. The van der Waals surface area contributed by atoms with E-state index >= 15 is 0 Å². The number of hydrogen-bond donors (Lipinski definition) is 2. The van der Waals surface area contributed by atoms with E-state index in [1.165, 1.54) is 24.2 Å². The van der Waals surface area contributed by atoms with Gasteiger partial charge in [0.1, 0.15) is 0 Å². The molecule has 2 amide bonds. The number of pyridine rings is 1. The lowest BCUT2D eigenvalue weighted by molar-refractivity contribution is -0.126. The van der Waals surface area contributed by atoms with Gasteiger partial charge in [-0.2, -0.15) is 0 Å². The van der Waals surface area contributed by atoms with Gasteiger partial charge >= 0.3 is 0 Å². The van der Waals surface area contributed by atoms with Crippen molar-refractivity contribution < 1.29 is 9.59 Å². The topological polar surface area (TPSA) is 88.4 Å². The third kappa shape index (κ3) is 3.30. The van der Waals surface area contributed by atoms with Crippen LogP contribution in [0, 0.1) is 20.8 Å². The van der Waals surface area contributed by atoms with Gasteiger partial charge in [0.25, 0.3) is 0 Å². The molecule has 1 aromatic carbocycles. The van der Waals surface area contributed by atoms with Crippen LogP contribution in [0.5, 0.6) is 0 Å². The molecule has 0 saturated heterocycles. The summed E-state index contributed by atoms with van der Waals surface area (Å²) in [6.07, 6.45) is 0. The molecular formula is C17H19N5O2S. The van der Waals surface area contributed by atoms with Crippen LogP contribution in [0.1, 0.15) is 23.6 Å². The first-order chi connectivity index (χ1) is 11.9. The summed E-state index contributed by atoms with van der Waals surface area (Å²) in [6.45, 7) is 7.47. The van der Waals surface area contributed by atoms with E-state index in [-0.39, 0.29) is 17.6 Å². The van der Waals surface area contributed by atoms with E-state index < -0.39 is 0 Å². The van der Waals surface area contributed by atoms with Gasteiger partial charge in [-0.15, -0.1) is 10.2 Å². The number of amides is 2. The van der Waals surface area contributed by atoms with E-state index in [1.807, 2.05) is 11.3 Å². The predicted molar refractivity (Wildman–Crippen MR) is 97.4 cm³/mol. The van der Waals surface area contributed by atoms with Crippen molar-refractivity contribution in [3.8, 4) is 0 Å². The Morgan fingerprint density at radius 3 is 2.60 bits per heavy atom. The van der Waals surface area contributed by atoms with Crippen molar-refractivity contribution in [3.63, 3.8) is 0 Å². The molecule has 3 aromatic rings. The summed E-state index contributed by atoms with van der Waals surface area (Å²) >= 11 is 1.28. The van der Waals surface area contributed by atoms with Gasteiger partial charge in [-0.3, -0.25) is 24.8 Å². The average Bonchev–Trinajstić information content (AvgIpc) is 2.99. The second-order valence-electron chi connectivity index (χ2n) is 5.93. The van der Waals surface area contributed by atoms with Gasteiger partial charge in [0.2, 0.25) is 11.8 Å². The predicted octanol–water partition coefficient (Wildman–Crippen LogP) is 2.07. The molecule has 0 atom stereocenters. The number of carbonyl (C=O) groups excluding carboxylic acids is 2. The van der Waals surface area contributed by atoms with Crippen molar-refractivity contribution in [1.29, 1.82) is 0 Å². The molecule has 3 rings (SSSR count). The van der Waals surface area contributed by atoms with Crippen LogP contribution in [0.25, 0.3) is 16.6 Å². The first-order valence-electron chi connectivity index (χ1n) is 7.81. The molecule has 2 N–H and O–H groups in total. The van der Waals surface area contributed by atoms with Gasteiger partial charge in [-0.25, -0.2) is 0 Å². The molecule has 7 nitrogen and oxygen atoms in total. The van der Waals surface area contributed by atoms with Crippen LogP contribution in [0.3, 0.4) is 0 Å². The third-order valence-electron chi connectivity index (χ3n) is 4.03. The van der Waals surface area contributed by atoms with Crippen molar-refractivity contribution >= 4 is 40.1 Å². The Morgan fingerprint density at radius 1 is 1.12 bits per heavy atom. The molecule has 0 unspecified atom stereocenters. The van der Waals surface area contributed by atoms with Gasteiger partial charge in [-0.05, 0) is 48.9 Å². The lowest BCUT2D eigenvalue weighted by Crippen LogP contribution is -2.41. The normalized spacial score (nSPS) is 11.0. The fourth-order valence-corrected chi connectivity index (χ4v) is 3.42. The Morgan fingerprint density at radius 2 is 1.88 bits per heavy atom. The fraction of sp³-hybridized carbons (Fsp3) is 0.294. The SMILES string of the molecule is CC(=O)NNC(=O)CSc1nnc2c(C)cc3ccc(C)c(C)c3n12. The number of rotatable bonds is 3. The molecule has 0 saturated carbocycles. The Kier molecular flexibility index (Phi) is 4.63. The van der Waals surface area contributed by atoms with E-state index in [1.54, 1.807) is 0 Å². The first-order valence-corrected chi connectivity index (χ1v) is 8.80. The zero-order valence-electron chi connectivity index (χ0n) is 14.5. The van der Waals surface area contributed by atoms with E-state index in [4.69, 9.17) is 0 Å². The zero-order chi connectivity index (χ0) is 18.1. The second kappa shape index (κ2) is 6.72. The Hall–Kier alpha value is -2.61. The van der Waals surface area contributed by atoms with Crippen LogP contribution in [0.15, 0.2) is 23.4 Å². The second-order valence-corrected chi connectivity index (χ2v) is 6.87. The lowest BCUT2D eigenvalue weighted by Gasteiger charge is -2.11. The first kappa shape index (κ1) is 17.2. The van der Waals surface area contributed by atoms with E-state index in [0.717, 1.165) is 27.7 Å². The Bertz CT molecular complexity index is 996. The third-order valence-corrected chi connectivity index (χ3v) is 4.95. The summed E-state index contributed by atoms with van der Waals surface area (Å²) in [4.78, 5) is 22.7. The molecule has 0 bridgehead atoms. The molecule has 2 heterocycles. The molecule has 8 heteroatoms. The molecule has 0 aliphatic heterocycles. The van der Waals surface area contributed by atoms with Gasteiger partial charge in [0.05, 0.1) is 11.3 Å². The van der Waals surface area contributed by atoms with Crippen molar-refractivity contribution in [1.82, 2.24) is 25.4 Å². The molecule has 0 spiro atoms. The molecule has 2 aromatic heterocycles. The van der Waals surface area contributed by atoms with Gasteiger partial charge in [-0.1, -0.05) is 23.9 Å². The number of aromatic nitrogens is 3. The molecule has 25 heavy (non-hydrogen) atoms. The molecule has 0 aliphatic carbocycles. The standard InChI is InChI=1S/C17H19N5O2S/c1-9-5-6-13-7-10(2)16-20-21-17(22(16)15(13)11(9)3)25-8-14(24)19-18-12(4)23/h5-7H,8H2,1-4H3,(H,18,23)(H,19,24). The molecular weight excluding hydrogens is 338 g/mol. The minimum absolute atomic E-state index is 0.126. The molecule has 0 fully saturated rings. The highest BCUT2D eigenvalue weighted by Crippen LogP contribution is 2.28. The minimum atomic E-state index is -0.320. The number of thioether (sulfide) groups is 1. The number of fused-ring (bicyclic) bond motifs is 3. The average molecular weight is 357 g/mol. The van der Waals surface area contributed by atoms with Crippen molar-refractivity contribution in [2.75, 3.05) is 5.75 Å². The minimum Gasteiger partial charge on any atom is -0.274 e. The van der Waals surface area contributed by atoms with Crippen LogP contribution in [-0.2, 0) is 9.59 Å². The number of nitrogens with one attached hydrogen (secondary N) is 2. The van der Waals surface area contributed by atoms with Crippen molar-refractivity contribution in [2.24, 2.45) is 0 Å². The summed E-state index contributed by atoms with van der Waals surface area (Å²) in [5.41, 5.74) is 9.82. The number of hydrazine groups is 1.